The third-order valence-electron chi connectivity index (χ3n) is 12.1. The number of hydrogen-bond acceptors (Lipinski definition) is 15. The molecule has 16 nitrogen and oxygen atoms in total. The highest BCUT2D eigenvalue weighted by Crippen LogP contribution is 2.45. The molecule has 1 amide bonds. The van der Waals surface area contributed by atoms with Crippen molar-refractivity contribution in [1.29, 1.82) is 0 Å². The van der Waals surface area contributed by atoms with Crippen LogP contribution in [0.1, 0.15) is 93.3 Å². The van der Waals surface area contributed by atoms with Gasteiger partial charge in [-0.2, -0.15) is 0 Å². The molecule has 0 aromatic carbocycles. The van der Waals surface area contributed by atoms with Crippen LogP contribution in [0.2, 0.25) is 0 Å². The molecule has 0 radical (unpaired) electrons. The maximum Gasteiger partial charge on any atom is 0.408 e. The van der Waals surface area contributed by atoms with Crippen molar-refractivity contribution >= 4 is 29.6 Å². The van der Waals surface area contributed by atoms with Crippen molar-refractivity contribution in [2.75, 3.05) is 19.8 Å². The molecule has 57 heavy (non-hydrogen) atoms. The average Bonchev–Trinajstić information content (AvgIpc) is 3.77. The summed E-state index contributed by atoms with van der Waals surface area (Å²) in [6.45, 7) is 14.0. The first-order valence-electron chi connectivity index (χ1n) is 19.8. The Morgan fingerprint density at radius 3 is 2.39 bits per heavy atom. The van der Waals surface area contributed by atoms with Gasteiger partial charge in [0.25, 0.3) is 0 Å². The Hall–Kier alpha value is -4.43. The minimum atomic E-state index is -1.38. The number of alkyl carbamates (subject to hydrolysis) is 1. The number of aliphatic hydroxyl groups is 1. The molecule has 1 unspecified atom stereocenters. The van der Waals surface area contributed by atoms with Crippen LogP contribution in [-0.2, 0) is 33.3 Å². The molecule has 0 saturated carbocycles. The van der Waals surface area contributed by atoms with Crippen LogP contribution in [0.4, 0.5) is 10.7 Å². The van der Waals surface area contributed by atoms with Crippen LogP contribution in [0.25, 0.3) is 11.3 Å². The molecule has 5 rings (SSSR count). The molecule has 3 aliphatic heterocycles. The number of aromatic nitrogens is 3. The lowest BCUT2D eigenvalue weighted by Crippen LogP contribution is -2.58. The summed E-state index contributed by atoms with van der Waals surface area (Å²) >= 11 is 0. The van der Waals surface area contributed by atoms with Gasteiger partial charge in [0.1, 0.15) is 29.6 Å². The van der Waals surface area contributed by atoms with E-state index >= 15 is 0 Å². The number of cyclic esters (lactones) is 1. The number of fused-ring (bicyclic) bond motifs is 1. The standard InChI is InChI=1S/C41H58N6O10/c1-11-30-41(8)34(45-39(52)56-41)23(4)31(48)21(2)18-40(7,15-13-12-14-27-17-28(46-57-27)26-19-43-38(42)44-20-26)35(24(5)32(49)25(6)36(51)54-30)55-37-33(50)29(47(9)10)16-22(3)53-37/h17,19-25,29-30,33-35,37,50H,11,13,15-16,18H2,1-10H3,(H,45,52)(H2,42,43,44)/t21-,22-,23+,24+,25?,29+,30-,33-,34-,35-,37+,40-,41-/m1/s1. The van der Waals surface area contributed by atoms with E-state index in [4.69, 9.17) is 29.2 Å². The Kier molecular flexibility index (Phi) is 13.5. The largest absolute Gasteiger partial charge is 0.458 e. The molecular weight excluding hydrogens is 736 g/mol. The highest BCUT2D eigenvalue weighted by Gasteiger charge is 2.57. The number of ether oxygens (including phenoxy) is 4. The van der Waals surface area contributed by atoms with E-state index in [2.05, 4.69) is 32.3 Å². The van der Waals surface area contributed by atoms with Crippen molar-refractivity contribution < 1.29 is 47.8 Å². The number of ketones is 2. The molecule has 5 heterocycles. The van der Waals surface area contributed by atoms with E-state index in [0.717, 1.165) is 0 Å². The number of anilines is 1. The average molecular weight is 795 g/mol. The van der Waals surface area contributed by atoms with E-state index in [-0.39, 0.29) is 43.1 Å². The topological polar surface area (TPSA) is 219 Å². The van der Waals surface area contributed by atoms with E-state index in [1.165, 1.54) is 19.3 Å². The second-order valence-electron chi connectivity index (χ2n) is 16.7. The number of rotatable bonds is 7. The summed E-state index contributed by atoms with van der Waals surface area (Å²) in [5, 5.41) is 18.5. The van der Waals surface area contributed by atoms with Gasteiger partial charge < -0.3 is 44.5 Å². The number of amides is 1. The predicted molar refractivity (Wildman–Crippen MR) is 207 cm³/mol. The Morgan fingerprint density at radius 1 is 1.05 bits per heavy atom. The first-order valence-corrected chi connectivity index (χ1v) is 19.8. The number of Topliss-reactive ketones (excluding diaryl/α,β-unsaturated/α-hetero) is 2. The molecule has 2 aromatic heterocycles. The van der Waals surface area contributed by atoms with E-state index in [1.807, 2.05) is 39.8 Å². The molecule has 3 saturated heterocycles. The van der Waals surface area contributed by atoms with Crippen molar-refractivity contribution in [3.05, 3.63) is 24.2 Å². The Bertz CT molecular complexity index is 1840. The van der Waals surface area contributed by atoms with Crippen molar-refractivity contribution in [3.8, 4) is 23.1 Å². The maximum atomic E-state index is 14.5. The molecule has 3 aliphatic rings. The Morgan fingerprint density at radius 2 is 1.74 bits per heavy atom. The Balaban J connectivity index is 1.54. The van der Waals surface area contributed by atoms with Crippen LogP contribution in [-0.4, -0.2) is 111 Å². The van der Waals surface area contributed by atoms with Gasteiger partial charge in [0.2, 0.25) is 11.7 Å². The van der Waals surface area contributed by atoms with Gasteiger partial charge in [-0.3, -0.25) is 14.4 Å². The number of carbonyl (C=O) groups is 4. The second kappa shape index (κ2) is 17.6. The van der Waals surface area contributed by atoms with E-state index in [9.17, 15) is 24.3 Å². The van der Waals surface area contributed by atoms with Crippen LogP contribution in [0.15, 0.2) is 23.0 Å². The van der Waals surface area contributed by atoms with Gasteiger partial charge in [-0.25, -0.2) is 14.8 Å². The third kappa shape index (κ3) is 9.33. The molecule has 312 valence electrons. The van der Waals surface area contributed by atoms with Crippen molar-refractivity contribution in [1.82, 2.24) is 25.3 Å². The molecule has 2 aromatic rings. The van der Waals surface area contributed by atoms with Crippen molar-refractivity contribution in [2.45, 2.75) is 136 Å². The lowest BCUT2D eigenvalue weighted by molar-refractivity contribution is -0.286. The molecular formula is C41H58N6O10. The van der Waals surface area contributed by atoms with E-state index in [0.29, 0.717) is 29.9 Å². The first kappa shape index (κ1) is 43.7. The quantitative estimate of drug-likeness (QED) is 0.205. The molecule has 3 fully saturated rings. The minimum Gasteiger partial charge on any atom is -0.458 e. The summed E-state index contributed by atoms with van der Waals surface area (Å²) in [7, 11) is 3.74. The van der Waals surface area contributed by atoms with Gasteiger partial charge in [0.15, 0.2) is 17.7 Å². The summed E-state index contributed by atoms with van der Waals surface area (Å²) in [4.78, 5) is 65.4. The lowest BCUT2D eigenvalue weighted by atomic mass is 9.66. The van der Waals surface area contributed by atoms with Gasteiger partial charge in [0.05, 0.1) is 18.2 Å². The van der Waals surface area contributed by atoms with Crippen LogP contribution >= 0.6 is 0 Å². The highest BCUT2D eigenvalue weighted by atomic mass is 16.7. The van der Waals surface area contributed by atoms with Gasteiger partial charge in [-0.05, 0) is 71.9 Å². The van der Waals surface area contributed by atoms with Gasteiger partial charge in [-0.15, -0.1) is 0 Å². The van der Waals surface area contributed by atoms with Crippen LogP contribution in [0.5, 0.6) is 0 Å². The SMILES string of the molecule is CC[C@H]1OC(=O)C(C)C(=O)[C@H](C)[C@@H](O[C@@H]2O[C@H](C)C[C@H](N(C)C)[C@H]2O)[C@](C)(CCC#Cc2cc(-c3cnc(N)nc3)no2)C[C@@H](C)C(=O)[C@H](C)[C@H]2NC(=O)O[C@@]21C. The smallest absolute Gasteiger partial charge is 0.408 e. The normalized spacial score (nSPS) is 36.7. The minimum absolute atomic E-state index is 0.131. The molecule has 0 spiro atoms. The fourth-order valence-electron chi connectivity index (χ4n) is 8.85. The number of nitrogen functional groups attached to an aromatic ring is 1. The van der Waals surface area contributed by atoms with Crippen LogP contribution < -0.4 is 11.1 Å². The molecule has 16 heteroatoms. The van der Waals surface area contributed by atoms with Crippen LogP contribution in [0, 0.1) is 40.9 Å². The zero-order valence-corrected chi connectivity index (χ0v) is 34.6. The van der Waals surface area contributed by atoms with Gasteiger partial charge >= 0.3 is 12.1 Å². The summed E-state index contributed by atoms with van der Waals surface area (Å²) in [6.07, 6.45) is -0.394. The molecule has 0 aliphatic carbocycles. The number of aliphatic hydroxyl groups excluding tert-OH is 1. The molecule has 4 N–H and O–H groups in total. The monoisotopic (exact) mass is 794 g/mol. The number of likely N-dealkylation sites (N-methyl/N-ethyl adjacent to an activating group) is 1. The number of carbonyl (C=O) groups excluding carboxylic acids is 4. The maximum absolute atomic E-state index is 14.5. The summed E-state index contributed by atoms with van der Waals surface area (Å²) < 4.78 is 30.2. The summed E-state index contributed by atoms with van der Waals surface area (Å²) in [6, 6.07) is 0.537. The number of nitrogens with two attached hydrogens (primary N) is 1. The highest BCUT2D eigenvalue weighted by molar-refractivity contribution is 6.00. The van der Waals surface area contributed by atoms with E-state index < -0.39 is 83.2 Å². The number of nitrogens with one attached hydrogen (secondary N) is 1. The first-order chi connectivity index (χ1) is 26.8. The van der Waals surface area contributed by atoms with Gasteiger partial charge in [0, 0.05) is 54.2 Å². The lowest BCUT2D eigenvalue weighted by Gasteiger charge is -2.47. The second-order valence-corrected chi connectivity index (χ2v) is 16.7. The Labute approximate surface area is 334 Å². The number of hydrogen-bond donors (Lipinski definition) is 3. The zero-order chi connectivity index (χ0) is 42.0. The summed E-state index contributed by atoms with van der Waals surface area (Å²) in [5.74, 6) is 1.68. The summed E-state index contributed by atoms with van der Waals surface area (Å²) in [5.41, 5.74) is 4.35. The predicted octanol–water partition coefficient (Wildman–Crippen LogP) is 3.94. The third-order valence-corrected chi connectivity index (χ3v) is 12.1. The van der Waals surface area contributed by atoms with Gasteiger partial charge in [-0.1, -0.05) is 45.7 Å². The zero-order valence-electron chi connectivity index (χ0n) is 34.6. The fraction of sp³-hybridized carbons (Fsp3) is 0.683. The van der Waals surface area contributed by atoms with Crippen molar-refractivity contribution in [3.63, 3.8) is 0 Å². The van der Waals surface area contributed by atoms with Crippen molar-refractivity contribution in [2.24, 2.45) is 29.1 Å². The number of nitrogens with zero attached hydrogens (tertiary/aromatic N) is 4. The van der Waals surface area contributed by atoms with E-state index in [1.54, 1.807) is 33.8 Å². The number of esters is 1. The molecule has 13 atom stereocenters. The molecule has 0 bridgehead atoms. The fourth-order valence-corrected chi connectivity index (χ4v) is 8.85. The van der Waals surface area contributed by atoms with Crippen LogP contribution in [0.3, 0.4) is 0 Å².